The van der Waals surface area contributed by atoms with Gasteiger partial charge in [-0.25, -0.2) is 0 Å². The highest BCUT2D eigenvalue weighted by Gasteiger charge is 2.04. The van der Waals surface area contributed by atoms with Crippen LogP contribution in [0.1, 0.15) is 19.4 Å². The van der Waals surface area contributed by atoms with E-state index in [1.165, 1.54) is 0 Å². The molecule has 0 bridgehead atoms. The Morgan fingerprint density at radius 1 is 1.09 bits per heavy atom. The average molecular weight is 298 g/mol. The summed E-state index contributed by atoms with van der Waals surface area (Å²) in [7, 11) is 0. The Morgan fingerprint density at radius 3 is 2.55 bits per heavy atom. The lowest BCUT2D eigenvalue weighted by Gasteiger charge is -2.12. The van der Waals surface area contributed by atoms with Crippen molar-refractivity contribution in [1.29, 1.82) is 0 Å². The van der Waals surface area contributed by atoms with Crippen molar-refractivity contribution < 1.29 is 9.53 Å². The summed E-state index contributed by atoms with van der Waals surface area (Å²) in [5.74, 6) is 0.708. The highest BCUT2D eigenvalue weighted by molar-refractivity contribution is 5.93. The minimum atomic E-state index is -0.0826. The van der Waals surface area contributed by atoms with Crippen LogP contribution in [0.5, 0.6) is 5.75 Å². The number of aryl methyl sites for hydroxylation is 1. The molecule has 0 spiro atoms. The van der Waals surface area contributed by atoms with Crippen LogP contribution in [0.25, 0.3) is 0 Å². The molecule has 0 heterocycles. The van der Waals surface area contributed by atoms with Crippen molar-refractivity contribution in [3.8, 4) is 5.75 Å². The van der Waals surface area contributed by atoms with E-state index in [4.69, 9.17) is 4.74 Å². The SMILES string of the molecule is Cc1cccc(NC(=O)CNc2cccc(OC(C)C)c2)c1. The molecule has 2 aromatic carbocycles. The number of amides is 1. The van der Waals surface area contributed by atoms with E-state index in [1.807, 2.05) is 69.3 Å². The maximum absolute atomic E-state index is 12.0. The molecule has 0 fully saturated rings. The number of carbonyl (C=O) groups is 1. The first kappa shape index (κ1) is 15.9. The van der Waals surface area contributed by atoms with Gasteiger partial charge in [0, 0.05) is 17.4 Å². The lowest BCUT2D eigenvalue weighted by atomic mass is 10.2. The highest BCUT2D eigenvalue weighted by Crippen LogP contribution is 2.18. The molecule has 0 unspecified atom stereocenters. The molecule has 0 aromatic heterocycles. The Hall–Kier alpha value is -2.49. The molecule has 0 aliphatic heterocycles. The fourth-order valence-corrected chi connectivity index (χ4v) is 2.06. The van der Waals surface area contributed by atoms with Crippen molar-refractivity contribution in [3.63, 3.8) is 0 Å². The fourth-order valence-electron chi connectivity index (χ4n) is 2.06. The smallest absolute Gasteiger partial charge is 0.243 e. The number of carbonyl (C=O) groups excluding carboxylic acids is 1. The van der Waals surface area contributed by atoms with Crippen molar-refractivity contribution >= 4 is 17.3 Å². The maximum Gasteiger partial charge on any atom is 0.243 e. The zero-order valence-electron chi connectivity index (χ0n) is 13.2. The van der Waals surface area contributed by atoms with E-state index in [0.717, 1.165) is 22.7 Å². The molecular formula is C18H22N2O2. The number of hydrogen-bond donors (Lipinski definition) is 2. The van der Waals surface area contributed by atoms with Crippen LogP contribution in [0.15, 0.2) is 48.5 Å². The fraction of sp³-hybridized carbons (Fsp3) is 0.278. The number of rotatable bonds is 6. The molecule has 1 amide bonds. The standard InChI is InChI=1S/C18H22N2O2/c1-13(2)22-17-9-5-7-15(11-17)19-12-18(21)20-16-8-4-6-14(3)10-16/h4-11,13,19H,12H2,1-3H3,(H,20,21). The Labute approximate surface area is 131 Å². The van der Waals surface area contributed by atoms with Gasteiger partial charge in [0.15, 0.2) is 0 Å². The average Bonchev–Trinajstić information content (AvgIpc) is 2.45. The van der Waals surface area contributed by atoms with E-state index in [-0.39, 0.29) is 18.6 Å². The molecule has 0 aliphatic carbocycles. The Morgan fingerprint density at radius 2 is 1.82 bits per heavy atom. The van der Waals surface area contributed by atoms with Crippen LogP contribution in [0.3, 0.4) is 0 Å². The summed E-state index contributed by atoms with van der Waals surface area (Å²) in [4.78, 5) is 12.0. The third-order valence-corrected chi connectivity index (χ3v) is 2.96. The molecule has 22 heavy (non-hydrogen) atoms. The van der Waals surface area contributed by atoms with E-state index in [2.05, 4.69) is 10.6 Å². The van der Waals surface area contributed by atoms with Crippen molar-refractivity contribution in [2.75, 3.05) is 17.2 Å². The topological polar surface area (TPSA) is 50.4 Å². The molecule has 116 valence electrons. The van der Waals surface area contributed by atoms with Crippen LogP contribution >= 0.6 is 0 Å². The minimum Gasteiger partial charge on any atom is -0.491 e. The quantitative estimate of drug-likeness (QED) is 0.852. The molecule has 4 nitrogen and oxygen atoms in total. The number of benzene rings is 2. The summed E-state index contributed by atoms with van der Waals surface area (Å²) in [6.45, 7) is 6.16. The third-order valence-electron chi connectivity index (χ3n) is 2.96. The molecule has 0 saturated heterocycles. The molecule has 2 rings (SSSR count). The Kier molecular flexibility index (Phi) is 5.42. The largest absolute Gasteiger partial charge is 0.491 e. The molecule has 0 aliphatic rings. The first-order chi connectivity index (χ1) is 10.5. The lowest BCUT2D eigenvalue weighted by molar-refractivity contribution is -0.114. The van der Waals surface area contributed by atoms with Crippen molar-refractivity contribution in [1.82, 2.24) is 0 Å². The maximum atomic E-state index is 12.0. The predicted molar refractivity (Wildman–Crippen MR) is 90.5 cm³/mol. The van der Waals surface area contributed by atoms with Crippen LogP contribution in [0, 0.1) is 6.92 Å². The van der Waals surface area contributed by atoms with Crippen LogP contribution < -0.4 is 15.4 Å². The normalized spacial score (nSPS) is 10.4. The molecule has 0 radical (unpaired) electrons. The molecular weight excluding hydrogens is 276 g/mol. The van der Waals surface area contributed by atoms with Gasteiger partial charge in [-0.3, -0.25) is 4.79 Å². The summed E-state index contributed by atoms with van der Waals surface area (Å²) >= 11 is 0. The van der Waals surface area contributed by atoms with Gasteiger partial charge in [-0.2, -0.15) is 0 Å². The van der Waals surface area contributed by atoms with Gasteiger partial charge in [-0.1, -0.05) is 18.2 Å². The van der Waals surface area contributed by atoms with E-state index in [0.29, 0.717) is 0 Å². The number of ether oxygens (including phenoxy) is 1. The second kappa shape index (κ2) is 7.50. The van der Waals surface area contributed by atoms with Gasteiger partial charge >= 0.3 is 0 Å². The van der Waals surface area contributed by atoms with Gasteiger partial charge in [0.2, 0.25) is 5.91 Å². The summed E-state index contributed by atoms with van der Waals surface area (Å²) in [5.41, 5.74) is 2.78. The molecule has 2 aromatic rings. The molecule has 4 heteroatoms. The summed E-state index contributed by atoms with van der Waals surface area (Å²) in [5, 5.41) is 5.97. The summed E-state index contributed by atoms with van der Waals surface area (Å²) in [6.07, 6.45) is 0.125. The van der Waals surface area contributed by atoms with Crippen LogP contribution in [0.2, 0.25) is 0 Å². The molecule has 2 N–H and O–H groups in total. The molecule has 0 atom stereocenters. The van der Waals surface area contributed by atoms with Gasteiger partial charge in [0.1, 0.15) is 5.75 Å². The monoisotopic (exact) mass is 298 g/mol. The third kappa shape index (κ3) is 5.13. The number of anilines is 2. The van der Waals surface area contributed by atoms with E-state index in [1.54, 1.807) is 0 Å². The predicted octanol–water partition coefficient (Wildman–Crippen LogP) is 3.83. The Bertz CT molecular complexity index is 638. The first-order valence-corrected chi connectivity index (χ1v) is 7.40. The van der Waals surface area contributed by atoms with Crippen LogP contribution in [-0.4, -0.2) is 18.6 Å². The molecule has 0 saturated carbocycles. The van der Waals surface area contributed by atoms with Crippen LogP contribution in [-0.2, 0) is 4.79 Å². The number of nitrogens with one attached hydrogen (secondary N) is 2. The number of hydrogen-bond acceptors (Lipinski definition) is 3. The lowest BCUT2D eigenvalue weighted by Crippen LogP contribution is -2.21. The highest BCUT2D eigenvalue weighted by atomic mass is 16.5. The van der Waals surface area contributed by atoms with Crippen molar-refractivity contribution in [2.24, 2.45) is 0 Å². The van der Waals surface area contributed by atoms with Gasteiger partial charge in [-0.15, -0.1) is 0 Å². The zero-order chi connectivity index (χ0) is 15.9. The van der Waals surface area contributed by atoms with E-state index >= 15 is 0 Å². The summed E-state index contributed by atoms with van der Waals surface area (Å²) in [6, 6.07) is 15.3. The minimum absolute atomic E-state index is 0.0826. The summed E-state index contributed by atoms with van der Waals surface area (Å²) < 4.78 is 5.63. The van der Waals surface area contributed by atoms with E-state index in [9.17, 15) is 4.79 Å². The van der Waals surface area contributed by atoms with Gasteiger partial charge in [0.25, 0.3) is 0 Å². The van der Waals surface area contributed by atoms with Gasteiger partial charge in [-0.05, 0) is 50.6 Å². The van der Waals surface area contributed by atoms with Crippen LogP contribution in [0.4, 0.5) is 11.4 Å². The van der Waals surface area contributed by atoms with E-state index < -0.39 is 0 Å². The van der Waals surface area contributed by atoms with Crippen molar-refractivity contribution in [2.45, 2.75) is 26.9 Å². The Balaban J connectivity index is 1.88. The van der Waals surface area contributed by atoms with Gasteiger partial charge in [0.05, 0.1) is 12.6 Å². The second-order valence-electron chi connectivity index (χ2n) is 5.47. The van der Waals surface area contributed by atoms with Gasteiger partial charge < -0.3 is 15.4 Å². The second-order valence-corrected chi connectivity index (χ2v) is 5.47. The van der Waals surface area contributed by atoms with Crippen molar-refractivity contribution in [3.05, 3.63) is 54.1 Å². The first-order valence-electron chi connectivity index (χ1n) is 7.40. The zero-order valence-corrected chi connectivity index (χ0v) is 13.2.